The van der Waals surface area contributed by atoms with Crippen LogP contribution in [0.2, 0.25) is 10.0 Å². The van der Waals surface area contributed by atoms with Crippen LogP contribution >= 0.6 is 23.2 Å². The monoisotopic (exact) mass is 400 g/mol. The molecule has 3 rings (SSSR count). The highest BCUT2D eigenvalue weighted by Crippen LogP contribution is 2.32. The van der Waals surface area contributed by atoms with Gasteiger partial charge in [0.25, 0.3) is 0 Å². The van der Waals surface area contributed by atoms with Crippen molar-refractivity contribution in [2.75, 3.05) is 0 Å². The first-order valence-corrected chi connectivity index (χ1v) is 9.05. The van der Waals surface area contributed by atoms with Crippen LogP contribution in [0.15, 0.2) is 36.4 Å². The third-order valence-electron chi connectivity index (χ3n) is 4.24. The molecular weight excluding hydrogens is 384 g/mol. The summed E-state index contributed by atoms with van der Waals surface area (Å²) in [6.07, 6.45) is -2.02. The van der Waals surface area contributed by atoms with E-state index >= 15 is 0 Å². The standard InChI is InChI=1S/C19H17Cl2F3N2/c1-2-3-8-26-17-7-5-13(19(22,23)24)11-16(17)25-18(26)10-12-4-6-14(20)15(21)9-12/h4-7,9,11H,2-3,8,10H2,1H3. The number of nitrogens with zero attached hydrogens (tertiary/aromatic N) is 2. The van der Waals surface area contributed by atoms with Gasteiger partial charge in [0.15, 0.2) is 0 Å². The van der Waals surface area contributed by atoms with Gasteiger partial charge in [0.2, 0.25) is 0 Å². The number of imidazole rings is 1. The van der Waals surface area contributed by atoms with Crippen molar-refractivity contribution in [3.05, 3.63) is 63.4 Å². The third-order valence-corrected chi connectivity index (χ3v) is 4.98. The molecule has 0 aliphatic heterocycles. The number of fused-ring (bicyclic) bond motifs is 1. The van der Waals surface area contributed by atoms with Crippen LogP contribution in [0.4, 0.5) is 13.2 Å². The Labute approximate surface area is 159 Å². The molecule has 1 heterocycles. The molecule has 0 saturated carbocycles. The van der Waals surface area contributed by atoms with Gasteiger partial charge in [-0.3, -0.25) is 0 Å². The molecule has 0 fully saturated rings. The van der Waals surface area contributed by atoms with Gasteiger partial charge in [0.05, 0.1) is 26.6 Å². The molecule has 138 valence electrons. The molecular formula is C19H17Cl2F3N2. The van der Waals surface area contributed by atoms with Gasteiger partial charge in [-0.05, 0) is 42.3 Å². The first kappa shape index (κ1) is 19.1. The van der Waals surface area contributed by atoms with Gasteiger partial charge in [-0.25, -0.2) is 4.98 Å². The average molecular weight is 401 g/mol. The molecule has 0 unspecified atom stereocenters. The van der Waals surface area contributed by atoms with Crippen molar-refractivity contribution in [1.29, 1.82) is 0 Å². The van der Waals surface area contributed by atoms with Crippen molar-refractivity contribution in [3.8, 4) is 0 Å². The predicted octanol–water partition coefficient (Wildman–Crippen LogP) is 6.75. The van der Waals surface area contributed by atoms with Crippen molar-refractivity contribution in [1.82, 2.24) is 9.55 Å². The Kier molecular flexibility index (Phi) is 5.49. The number of benzene rings is 2. The number of rotatable bonds is 5. The molecule has 1 aromatic heterocycles. The molecule has 2 nitrogen and oxygen atoms in total. The van der Waals surface area contributed by atoms with Crippen LogP contribution in [0, 0.1) is 0 Å². The molecule has 0 radical (unpaired) electrons. The fourth-order valence-electron chi connectivity index (χ4n) is 2.89. The molecule has 3 aromatic rings. The van der Waals surface area contributed by atoms with Crippen molar-refractivity contribution in [2.45, 2.75) is 38.9 Å². The summed E-state index contributed by atoms with van der Waals surface area (Å²) in [5.41, 5.74) is 1.28. The van der Waals surface area contributed by atoms with E-state index in [4.69, 9.17) is 23.2 Å². The van der Waals surface area contributed by atoms with E-state index in [2.05, 4.69) is 11.9 Å². The summed E-state index contributed by atoms with van der Waals surface area (Å²) in [7, 11) is 0. The third kappa shape index (κ3) is 3.99. The van der Waals surface area contributed by atoms with Gasteiger partial charge in [-0.15, -0.1) is 0 Å². The summed E-state index contributed by atoms with van der Waals surface area (Å²) in [5.74, 6) is 0.714. The maximum absolute atomic E-state index is 13.0. The smallest absolute Gasteiger partial charge is 0.328 e. The first-order valence-electron chi connectivity index (χ1n) is 8.30. The van der Waals surface area contributed by atoms with Crippen molar-refractivity contribution in [3.63, 3.8) is 0 Å². The van der Waals surface area contributed by atoms with Crippen LogP contribution in [0.5, 0.6) is 0 Å². The maximum atomic E-state index is 13.0. The number of halogens is 5. The molecule has 0 atom stereocenters. The molecule has 0 saturated heterocycles. The highest BCUT2D eigenvalue weighted by atomic mass is 35.5. The normalized spacial score (nSPS) is 12.1. The van der Waals surface area contributed by atoms with Crippen LogP contribution in [0.3, 0.4) is 0 Å². The maximum Gasteiger partial charge on any atom is 0.416 e. The van der Waals surface area contributed by atoms with E-state index in [9.17, 15) is 13.2 Å². The number of unbranched alkanes of at least 4 members (excludes halogenated alkanes) is 1. The lowest BCUT2D eigenvalue weighted by Crippen LogP contribution is -2.06. The molecule has 0 N–H and O–H groups in total. The quantitative estimate of drug-likeness (QED) is 0.462. The predicted molar refractivity (Wildman–Crippen MR) is 98.9 cm³/mol. The average Bonchev–Trinajstić information content (AvgIpc) is 2.92. The minimum Gasteiger partial charge on any atom is -0.328 e. The van der Waals surface area contributed by atoms with Gasteiger partial charge >= 0.3 is 6.18 Å². The lowest BCUT2D eigenvalue weighted by molar-refractivity contribution is -0.137. The Bertz CT molecular complexity index is 932. The summed E-state index contributed by atoms with van der Waals surface area (Å²) in [6.45, 7) is 2.77. The van der Waals surface area contributed by atoms with Crippen molar-refractivity contribution >= 4 is 34.2 Å². The fraction of sp³-hybridized carbons (Fsp3) is 0.316. The lowest BCUT2D eigenvalue weighted by Gasteiger charge is -2.10. The Morgan fingerprint density at radius 3 is 2.46 bits per heavy atom. The molecule has 0 aliphatic rings. The SMILES string of the molecule is CCCCn1c(Cc2ccc(Cl)c(Cl)c2)nc2cc(C(F)(F)F)ccc21. The van der Waals surface area contributed by atoms with Crippen LogP contribution in [0.1, 0.15) is 36.7 Å². The number of aryl methyl sites for hydroxylation is 1. The van der Waals surface area contributed by atoms with Crippen LogP contribution in [-0.2, 0) is 19.1 Å². The molecule has 0 bridgehead atoms. The molecule has 0 aliphatic carbocycles. The van der Waals surface area contributed by atoms with Gasteiger partial charge in [-0.2, -0.15) is 13.2 Å². The molecule has 2 aromatic carbocycles. The zero-order chi connectivity index (χ0) is 18.9. The largest absolute Gasteiger partial charge is 0.416 e. The van der Waals surface area contributed by atoms with E-state index < -0.39 is 11.7 Å². The fourth-order valence-corrected chi connectivity index (χ4v) is 3.21. The summed E-state index contributed by atoms with van der Waals surface area (Å²) >= 11 is 12.0. The molecule has 7 heteroatoms. The number of aromatic nitrogens is 2. The van der Waals surface area contributed by atoms with E-state index in [-0.39, 0.29) is 0 Å². The Morgan fingerprint density at radius 2 is 1.81 bits per heavy atom. The topological polar surface area (TPSA) is 17.8 Å². The number of hydrogen-bond acceptors (Lipinski definition) is 1. The van der Waals surface area contributed by atoms with Gasteiger partial charge in [-0.1, -0.05) is 42.6 Å². The van der Waals surface area contributed by atoms with Crippen LogP contribution < -0.4 is 0 Å². The second-order valence-electron chi connectivity index (χ2n) is 6.16. The minimum absolute atomic E-state index is 0.353. The second kappa shape index (κ2) is 7.49. The molecule has 26 heavy (non-hydrogen) atoms. The van der Waals surface area contributed by atoms with Crippen LogP contribution in [-0.4, -0.2) is 9.55 Å². The van der Waals surface area contributed by atoms with E-state index in [1.54, 1.807) is 12.1 Å². The van der Waals surface area contributed by atoms with Gasteiger partial charge in [0.1, 0.15) is 5.82 Å². The van der Waals surface area contributed by atoms with Crippen LogP contribution in [0.25, 0.3) is 11.0 Å². The first-order chi connectivity index (χ1) is 12.3. The van der Waals surface area contributed by atoms with E-state index in [1.807, 2.05) is 10.6 Å². The Hall–Kier alpha value is -1.72. The highest BCUT2D eigenvalue weighted by Gasteiger charge is 2.31. The molecule has 0 spiro atoms. The van der Waals surface area contributed by atoms with E-state index in [1.165, 1.54) is 6.07 Å². The van der Waals surface area contributed by atoms with Crippen molar-refractivity contribution in [2.24, 2.45) is 0 Å². The van der Waals surface area contributed by atoms with Crippen molar-refractivity contribution < 1.29 is 13.2 Å². The second-order valence-corrected chi connectivity index (χ2v) is 6.97. The van der Waals surface area contributed by atoms with E-state index in [0.29, 0.717) is 39.9 Å². The highest BCUT2D eigenvalue weighted by molar-refractivity contribution is 6.42. The summed E-state index contributed by atoms with van der Waals surface area (Å²) in [5, 5.41) is 0.907. The number of alkyl halides is 3. The van der Waals surface area contributed by atoms with Gasteiger partial charge < -0.3 is 4.57 Å². The zero-order valence-corrected chi connectivity index (χ0v) is 15.6. The zero-order valence-electron chi connectivity index (χ0n) is 14.1. The Morgan fingerprint density at radius 1 is 1.04 bits per heavy atom. The summed E-state index contributed by atoms with van der Waals surface area (Å²) in [6, 6.07) is 9.03. The van der Waals surface area contributed by atoms with Gasteiger partial charge in [0, 0.05) is 13.0 Å². The minimum atomic E-state index is -4.38. The molecule has 0 amide bonds. The summed E-state index contributed by atoms with van der Waals surface area (Å²) < 4.78 is 41.0. The van der Waals surface area contributed by atoms with E-state index in [0.717, 1.165) is 30.5 Å². The lowest BCUT2D eigenvalue weighted by atomic mass is 10.1. The number of hydrogen-bond donors (Lipinski definition) is 0. The summed E-state index contributed by atoms with van der Waals surface area (Å²) in [4.78, 5) is 4.47. The Balaban J connectivity index is 2.05.